The normalized spacial score (nSPS) is 20.5. The Kier molecular flexibility index (Phi) is 6.56. The van der Waals surface area contributed by atoms with Crippen LogP contribution in [0.25, 0.3) is 0 Å². The van der Waals surface area contributed by atoms with E-state index in [1.54, 1.807) is 26.0 Å². The van der Waals surface area contributed by atoms with Gasteiger partial charge in [0.2, 0.25) is 0 Å². The van der Waals surface area contributed by atoms with Crippen molar-refractivity contribution in [3.05, 3.63) is 44.7 Å². The molecule has 2 N–H and O–H groups in total. The number of aromatic hydroxyl groups is 1. The molecule has 0 fully saturated rings. The number of dihydropyridines is 1. The Balaban J connectivity index is 2.23. The third-order valence-electron chi connectivity index (χ3n) is 5.49. The van der Waals surface area contributed by atoms with E-state index in [4.69, 9.17) is 9.47 Å². The minimum Gasteiger partial charge on any atom is -0.503 e. The van der Waals surface area contributed by atoms with Gasteiger partial charge >= 0.3 is 5.97 Å². The Hall–Kier alpha value is -2.28. The quantitative estimate of drug-likeness (QED) is 0.556. The lowest BCUT2D eigenvalue weighted by molar-refractivity contribution is -0.143. The fourth-order valence-electron chi connectivity index (χ4n) is 4.34. The van der Waals surface area contributed by atoms with Gasteiger partial charge in [-0.1, -0.05) is 13.8 Å². The van der Waals surface area contributed by atoms with E-state index in [0.717, 1.165) is 5.70 Å². The zero-order valence-electron chi connectivity index (χ0n) is 18.9. The summed E-state index contributed by atoms with van der Waals surface area (Å²) in [6.07, 6.45) is 0.800. The fourth-order valence-corrected chi connectivity index (χ4v) is 4.80. The molecule has 1 atom stereocenters. The summed E-state index contributed by atoms with van der Waals surface area (Å²) in [5.41, 5.74) is 3.01. The van der Waals surface area contributed by atoms with Crippen LogP contribution in [0.15, 0.2) is 39.1 Å². The molecule has 0 aromatic heterocycles. The van der Waals surface area contributed by atoms with Crippen molar-refractivity contribution in [1.82, 2.24) is 5.32 Å². The summed E-state index contributed by atoms with van der Waals surface area (Å²) in [6, 6.07) is 3.44. The Morgan fingerprint density at radius 1 is 1.32 bits per heavy atom. The monoisotopic (exact) mass is 491 g/mol. The third-order valence-corrected chi connectivity index (χ3v) is 6.09. The molecule has 0 bridgehead atoms. The third kappa shape index (κ3) is 4.66. The minimum atomic E-state index is -0.609. The first-order valence-electron chi connectivity index (χ1n) is 10.6. The lowest BCUT2D eigenvalue weighted by atomic mass is 9.68. The highest BCUT2D eigenvalue weighted by molar-refractivity contribution is 9.10. The SMILES string of the molecule is CCOc1cc(C2C(C(=O)OC(C)C)=C(C)NC3=C2C(=O)CC(C)(C)C3)cc(Br)c1O. The number of carbonyl (C=O) groups is 2. The van der Waals surface area contributed by atoms with Crippen LogP contribution in [0.1, 0.15) is 65.9 Å². The summed E-state index contributed by atoms with van der Waals surface area (Å²) in [6.45, 7) is 11.7. The van der Waals surface area contributed by atoms with E-state index in [9.17, 15) is 14.7 Å². The number of hydrogen-bond acceptors (Lipinski definition) is 6. The molecule has 6 nitrogen and oxygen atoms in total. The second kappa shape index (κ2) is 8.69. The van der Waals surface area contributed by atoms with E-state index in [-0.39, 0.29) is 23.1 Å². The molecule has 2 aliphatic rings. The van der Waals surface area contributed by atoms with Crippen LogP contribution in [0.4, 0.5) is 0 Å². The Morgan fingerprint density at radius 3 is 2.61 bits per heavy atom. The van der Waals surface area contributed by atoms with Gasteiger partial charge in [0, 0.05) is 29.3 Å². The van der Waals surface area contributed by atoms with Gasteiger partial charge < -0.3 is 19.9 Å². The Morgan fingerprint density at radius 2 is 2.00 bits per heavy atom. The van der Waals surface area contributed by atoms with Gasteiger partial charge in [0.15, 0.2) is 17.3 Å². The maximum atomic E-state index is 13.3. The summed E-state index contributed by atoms with van der Waals surface area (Å²) in [7, 11) is 0. The highest BCUT2D eigenvalue weighted by Gasteiger charge is 2.43. The number of phenolic OH excluding ortho intramolecular Hbond substituents is 1. The van der Waals surface area contributed by atoms with Crippen LogP contribution < -0.4 is 10.1 Å². The van der Waals surface area contributed by atoms with Gasteiger partial charge in [-0.3, -0.25) is 4.79 Å². The molecule has 1 aliphatic carbocycles. The average molecular weight is 492 g/mol. The van der Waals surface area contributed by atoms with Crippen LogP contribution in [0.3, 0.4) is 0 Å². The summed E-state index contributed by atoms with van der Waals surface area (Å²) >= 11 is 3.39. The standard InChI is InChI=1S/C24H30BrNO5/c1-7-30-18-9-14(8-15(25)22(18)28)20-19(23(29)31-12(2)3)13(4)26-16-10-24(5,6)11-17(27)21(16)20/h8-9,12,20,26,28H,7,10-11H2,1-6H3. The van der Waals surface area contributed by atoms with E-state index >= 15 is 0 Å². The van der Waals surface area contributed by atoms with Crippen molar-refractivity contribution in [2.24, 2.45) is 5.41 Å². The average Bonchev–Trinajstić information content (AvgIpc) is 2.62. The summed E-state index contributed by atoms with van der Waals surface area (Å²) in [5.74, 6) is -0.783. The molecular formula is C24H30BrNO5. The zero-order valence-corrected chi connectivity index (χ0v) is 20.5. The van der Waals surface area contributed by atoms with Crippen molar-refractivity contribution in [2.45, 2.75) is 66.4 Å². The van der Waals surface area contributed by atoms with E-state index in [1.165, 1.54) is 0 Å². The topological polar surface area (TPSA) is 84.9 Å². The number of Topliss-reactive ketones (excluding diaryl/α,β-unsaturated/α-hetero) is 1. The van der Waals surface area contributed by atoms with E-state index in [2.05, 4.69) is 35.1 Å². The predicted octanol–water partition coefficient (Wildman–Crippen LogP) is 5.11. The molecule has 1 heterocycles. The van der Waals surface area contributed by atoms with Gasteiger partial charge in [0.25, 0.3) is 0 Å². The molecule has 1 aromatic carbocycles. The number of allylic oxidation sites excluding steroid dienone is 3. The second-order valence-electron chi connectivity index (χ2n) is 9.17. The van der Waals surface area contributed by atoms with E-state index < -0.39 is 11.9 Å². The molecule has 0 radical (unpaired) electrons. The first-order valence-corrected chi connectivity index (χ1v) is 11.3. The number of benzene rings is 1. The molecule has 3 rings (SSSR count). The second-order valence-corrected chi connectivity index (χ2v) is 10.0. The number of halogens is 1. The van der Waals surface area contributed by atoms with Gasteiger partial charge in [-0.2, -0.15) is 0 Å². The minimum absolute atomic E-state index is 0.00764. The molecule has 0 spiro atoms. The number of hydrogen-bond donors (Lipinski definition) is 2. The number of carbonyl (C=O) groups excluding carboxylic acids is 2. The molecular weight excluding hydrogens is 462 g/mol. The molecule has 1 aliphatic heterocycles. The van der Waals surface area contributed by atoms with Crippen molar-refractivity contribution in [3.8, 4) is 11.5 Å². The Bertz CT molecular complexity index is 990. The summed E-state index contributed by atoms with van der Waals surface area (Å²) in [5, 5.41) is 13.7. The first kappa shape index (κ1) is 23.4. The maximum Gasteiger partial charge on any atom is 0.337 e. The highest BCUT2D eigenvalue weighted by Crippen LogP contribution is 2.49. The van der Waals surface area contributed by atoms with E-state index in [1.807, 2.05) is 13.8 Å². The lowest BCUT2D eigenvalue weighted by Gasteiger charge is -2.39. The number of esters is 1. The van der Waals surface area contributed by atoms with E-state index in [0.29, 0.717) is 52.1 Å². The number of ether oxygens (including phenoxy) is 2. The molecule has 168 valence electrons. The number of rotatable bonds is 5. The number of ketones is 1. The highest BCUT2D eigenvalue weighted by atomic mass is 79.9. The van der Waals surface area contributed by atoms with Crippen LogP contribution in [0.2, 0.25) is 0 Å². The summed E-state index contributed by atoms with van der Waals surface area (Å²) in [4.78, 5) is 26.4. The van der Waals surface area contributed by atoms with Gasteiger partial charge in [0.1, 0.15) is 0 Å². The van der Waals surface area contributed by atoms with Crippen LogP contribution in [-0.4, -0.2) is 29.6 Å². The smallest absolute Gasteiger partial charge is 0.337 e. The fraction of sp³-hybridized carbons (Fsp3) is 0.500. The van der Waals surface area contributed by atoms with Crippen LogP contribution in [-0.2, 0) is 14.3 Å². The van der Waals surface area contributed by atoms with Gasteiger partial charge in [-0.25, -0.2) is 4.79 Å². The largest absolute Gasteiger partial charge is 0.503 e. The van der Waals surface area contributed by atoms with Crippen molar-refractivity contribution in [2.75, 3.05) is 6.61 Å². The zero-order chi connectivity index (χ0) is 23.1. The molecule has 0 saturated heterocycles. The van der Waals surface area contributed by atoms with Crippen molar-refractivity contribution < 1.29 is 24.2 Å². The van der Waals surface area contributed by atoms with Gasteiger partial charge in [-0.05, 0) is 73.2 Å². The molecule has 1 aromatic rings. The molecule has 0 amide bonds. The molecule has 31 heavy (non-hydrogen) atoms. The van der Waals surface area contributed by atoms with Crippen molar-refractivity contribution >= 4 is 27.7 Å². The lowest BCUT2D eigenvalue weighted by Crippen LogP contribution is -2.39. The molecule has 7 heteroatoms. The van der Waals surface area contributed by atoms with Crippen LogP contribution in [0, 0.1) is 5.41 Å². The van der Waals surface area contributed by atoms with Gasteiger partial charge in [0.05, 0.1) is 22.8 Å². The van der Waals surface area contributed by atoms with Crippen LogP contribution in [0.5, 0.6) is 11.5 Å². The van der Waals surface area contributed by atoms with Crippen LogP contribution >= 0.6 is 15.9 Å². The molecule has 1 unspecified atom stereocenters. The van der Waals surface area contributed by atoms with Gasteiger partial charge in [-0.15, -0.1) is 0 Å². The predicted molar refractivity (Wildman–Crippen MR) is 122 cm³/mol. The number of phenols is 1. The first-order chi connectivity index (χ1) is 14.4. The van der Waals surface area contributed by atoms with Crippen molar-refractivity contribution in [1.29, 1.82) is 0 Å². The maximum absolute atomic E-state index is 13.3. The van der Waals surface area contributed by atoms with Crippen molar-refractivity contribution in [3.63, 3.8) is 0 Å². The summed E-state index contributed by atoms with van der Waals surface area (Å²) < 4.78 is 11.6. The number of nitrogens with one attached hydrogen (secondary N) is 1. The Labute approximate surface area is 191 Å². The molecule has 0 saturated carbocycles.